The lowest BCUT2D eigenvalue weighted by Gasteiger charge is -2.19. The van der Waals surface area contributed by atoms with E-state index in [-0.39, 0.29) is 0 Å². The van der Waals surface area contributed by atoms with E-state index in [1.807, 2.05) is 0 Å². The number of nitrogens with zero attached hydrogens (tertiary/aromatic N) is 1. The largest absolute Gasteiger partial charge is 0.416 e. The summed E-state index contributed by atoms with van der Waals surface area (Å²) in [7, 11) is 0. The molecule has 1 fully saturated rings. The van der Waals surface area contributed by atoms with Crippen molar-refractivity contribution >= 4 is 5.69 Å². The van der Waals surface area contributed by atoms with E-state index < -0.39 is 11.7 Å². The first-order valence-corrected chi connectivity index (χ1v) is 7.15. The molecule has 112 valence electrons. The molecule has 0 spiro atoms. The first-order chi connectivity index (χ1) is 9.49. The number of benzene rings is 1. The second-order valence-electron chi connectivity index (χ2n) is 5.28. The van der Waals surface area contributed by atoms with Crippen molar-refractivity contribution in [1.82, 2.24) is 4.90 Å². The Morgan fingerprint density at radius 2 is 1.85 bits per heavy atom. The third-order valence-corrected chi connectivity index (χ3v) is 3.85. The van der Waals surface area contributed by atoms with Crippen LogP contribution in [0, 0.1) is 0 Å². The third-order valence-electron chi connectivity index (χ3n) is 3.85. The van der Waals surface area contributed by atoms with Crippen molar-refractivity contribution < 1.29 is 13.2 Å². The van der Waals surface area contributed by atoms with Gasteiger partial charge in [0.15, 0.2) is 0 Å². The summed E-state index contributed by atoms with van der Waals surface area (Å²) in [5.41, 5.74) is 0.175. The van der Waals surface area contributed by atoms with E-state index in [0.717, 1.165) is 56.7 Å². The molecule has 1 aromatic carbocycles. The summed E-state index contributed by atoms with van der Waals surface area (Å²) in [5.74, 6) is 0. The molecule has 0 radical (unpaired) electrons. The number of anilines is 1. The van der Waals surface area contributed by atoms with Crippen LogP contribution in [0.5, 0.6) is 0 Å². The molecule has 1 unspecified atom stereocenters. The van der Waals surface area contributed by atoms with Crippen molar-refractivity contribution in [2.75, 3.05) is 25.0 Å². The number of alkyl halides is 3. The minimum Gasteiger partial charge on any atom is -0.382 e. The predicted molar refractivity (Wildman–Crippen MR) is 74.8 cm³/mol. The maximum atomic E-state index is 12.5. The highest BCUT2D eigenvalue weighted by Gasteiger charge is 2.30. The van der Waals surface area contributed by atoms with Crippen molar-refractivity contribution in [1.29, 1.82) is 0 Å². The van der Waals surface area contributed by atoms with Crippen molar-refractivity contribution in [2.45, 2.75) is 38.4 Å². The zero-order chi connectivity index (χ0) is 14.6. The fraction of sp³-hybridized carbons (Fsp3) is 0.600. The molecule has 20 heavy (non-hydrogen) atoms. The SMILES string of the molecule is CCN1CCCC(Nc2ccc(C(F)(F)F)cc2)CC1. The number of hydrogen-bond acceptors (Lipinski definition) is 2. The molecule has 1 aliphatic heterocycles. The molecule has 1 aliphatic rings. The van der Waals surface area contributed by atoms with E-state index in [2.05, 4.69) is 17.1 Å². The normalized spacial score (nSPS) is 21.5. The Morgan fingerprint density at radius 3 is 2.45 bits per heavy atom. The van der Waals surface area contributed by atoms with Gasteiger partial charge in [-0.05, 0) is 56.6 Å². The summed E-state index contributed by atoms with van der Waals surface area (Å²) in [5, 5.41) is 3.35. The van der Waals surface area contributed by atoms with Gasteiger partial charge in [0.1, 0.15) is 0 Å². The van der Waals surface area contributed by atoms with Crippen molar-refractivity contribution in [3.8, 4) is 0 Å². The topological polar surface area (TPSA) is 15.3 Å². The lowest BCUT2D eigenvalue weighted by Crippen LogP contribution is -2.26. The van der Waals surface area contributed by atoms with Gasteiger partial charge in [0.05, 0.1) is 5.56 Å². The quantitative estimate of drug-likeness (QED) is 0.903. The third kappa shape index (κ3) is 4.13. The van der Waals surface area contributed by atoms with Gasteiger partial charge in [0, 0.05) is 18.3 Å². The van der Waals surface area contributed by atoms with Gasteiger partial charge in [-0.25, -0.2) is 0 Å². The Labute approximate surface area is 118 Å². The summed E-state index contributed by atoms with van der Waals surface area (Å²) in [4.78, 5) is 2.41. The number of likely N-dealkylation sites (tertiary alicyclic amines) is 1. The molecule has 2 rings (SSSR count). The monoisotopic (exact) mass is 286 g/mol. The molecular formula is C15H21F3N2. The fourth-order valence-corrected chi connectivity index (χ4v) is 2.61. The van der Waals surface area contributed by atoms with E-state index in [4.69, 9.17) is 0 Å². The van der Waals surface area contributed by atoms with E-state index in [1.54, 1.807) is 0 Å². The van der Waals surface area contributed by atoms with E-state index in [9.17, 15) is 13.2 Å². The Morgan fingerprint density at radius 1 is 1.15 bits per heavy atom. The molecule has 5 heteroatoms. The molecular weight excluding hydrogens is 265 g/mol. The molecule has 1 N–H and O–H groups in total. The maximum Gasteiger partial charge on any atom is 0.416 e. The van der Waals surface area contributed by atoms with Crippen LogP contribution < -0.4 is 5.32 Å². The van der Waals surface area contributed by atoms with Crippen molar-refractivity contribution in [2.24, 2.45) is 0 Å². The van der Waals surface area contributed by atoms with Gasteiger partial charge < -0.3 is 10.2 Å². The van der Waals surface area contributed by atoms with Crippen LogP contribution in [0.15, 0.2) is 24.3 Å². The smallest absolute Gasteiger partial charge is 0.382 e. The van der Waals surface area contributed by atoms with Crippen molar-refractivity contribution in [3.63, 3.8) is 0 Å². The summed E-state index contributed by atoms with van der Waals surface area (Å²) in [6, 6.07) is 5.66. The predicted octanol–water partition coefficient (Wildman–Crippen LogP) is 3.99. The number of hydrogen-bond donors (Lipinski definition) is 1. The lowest BCUT2D eigenvalue weighted by molar-refractivity contribution is -0.137. The molecule has 1 heterocycles. The highest BCUT2D eigenvalue weighted by Crippen LogP contribution is 2.30. The molecule has 2 nitrogen and oxygen atoms in total. The second kappa shape index (κ2) is 6.48. The summed E-state index contributed by atoms with van der Waals surface area (Å²) in [6.45, 7) is 5.38. The average Bonchev–Trinajstić information content (AvgIpc) is 2.63. The molecule has 0 amide bonds. The molecule has 0 aliphatic carbocycles. The first-order valence-electron chi connectivity index (χ1n) is 7.15. The van der Waals surface area contributed by atoms with Gasteiger partial charge in [0.25, 0.3) is 0 Å². The van der Waals surface area contributed by atoms with E-state index >= 15 is 0 Å². The van der Waals surface area contributed by atoms with Gasteiger partial charge >= 0.3 is 6.18 Å². The van der Waals surface area contributed by atoms with Gasteiger partial charge in [-0.2, -0.15) is 13.2 Å². The highest BCUT2D eigenvalue weighted by atomic mass is 19.4. The Hall–Kier alpha value is -1.23. The zero-order valence-corrected chi connectivity index (χ0v) is 11.7. The minimum absolute atomic E-state index is 0.350. The van der Waals surface area contributed by atoms with Gasteiger partial charge in [0.2, 0.25) is 0 Å². The maximum absolute atomic E-state index is 12.5. The van der Waals surface area contributed by atoms with Crippen LogP contribution in [0.25, 0.3) is 0 Å². The summed E-state index contributed by atoms with van der Waals surface area (Å²) >= 11 is 0. The van der Waals surface area contributed by atoms with Gasteiger partial charge in [-0.1, -0.05) is 6.92 Å². The van der Waals surface area contributed by atoms with E-state index in [0.29, 0.717) is 6.04 Å². The molecule has 0 saturated carbocycles. The van der Waals surface area contributed by atoms with Crippen LogP contribution >= 0.6 is 0 Å². The standard InChI is InChI=1S/C15H21F3N2/c1-2-20-10-3-4-13(9-11-20)19-14-7-5-12(6-8-14)15(16,17)18/h5-8,13,19H,2-4,9-11H2,1H3. The minimum atomic E-state index is -4.26. The van der Waals surface area contributed by atoms with Gasteiger partial charge in [-0.15, -0.1) is 0 Å². The molecule has 1 aromatic rings. The second-order valence-corrected chi connectivity index (χ2v) is 5.28. The van der Waals surface area contributed by atoms with Gasteiger partial charge in [-0.3, -0.25) is 0 Å². The summed E-state index contributed by atoms with van der Waals surface area (Å²) in [6.07, 6.45) is -1.03. The molecule has 0 bridgehead atoms. The van der Waals surface area contributed by atoms with Crippen LogP contribution in [-0.4, -0.2) is 30.6 Å². The number of rotatable bonds is 3. The van der Waals surface area contributed by atoms with Crippen LogP contribution in [0.2, 0.25) is 0 Å². The highest BCUT2D eigenvalue weighted by molar-refractivity contribution is 5.46. The Balaban J connectivity index is 1.93. The fourth-order valence-electron chi connectivity index (χ4n) is 2.61. The molecule has 1 saturated heterocycles. The Bertz CT molecular complexity index is 414. The van der Waals surface area contributed by atoms with Crippen molar-refractivity contribution in [3.05, 3.63) is 29.8 Å². The first kappa shape index (κ1) is 15.2. The zero-order valence-electron chi connectivity index (χ0n) is 11.7. The molecule has 0 aromatic heterocycles. The Kier molecular flexibility index (Phi) is 4.91. The number of nitrogens with one attached hydrogen (secondary N) is 1. The summed E-state index contributed by atoms with van der Waals surface area (Å²) < 4.78 is 37.5. The van der Waals surface area contributed by atoms with Crippen LogP contribution in [0.4, 0.5) is 18.9 Å². The number of halogens is 3. The lowest BCUT2D eigenvalue weighted by atomic mass is 10.1. The van der Waals surface area contributed by atoms with E-state index in [1.165, 1.54) is 12.1 Å². The van der Waals surface area contributed by atoms with Crippen LogP contribution in [0.1, 0.15) is 31.7 Å². The van der Waals surface area contributed by atoms with Crippen LogP contribution in [-0.2, 0) is 6.18 Å². The molecule has 1 atom stereocenters. The van der Waals surface area contributed by atoms with Crippen LogP contribution in [0.3, 0.4) is 0 Å². The average molecular weight is 286 g/mol.